The fourth-order valence-corrected chi connectivity index (χ4v) is 4.18. The normalized spacial score (nSPS) is 24.8. The summed E-state index contributed by atoms with van der Waals surface area (Å²) in [5.74, 6) is -0.299. The largest absolute Gasteiger partial charge is 0.481 e. The van der Waals surface area contributed by atoms with Crippen LogP contribution in [-0.4, -0.2) is 17.6 Å². The molecule has 0 aliphatic carbocycles. The molecular weight excluding hydrogens is 300 g/mol. The highest BCUT2D eigenvalue weighted by Crippen LogP contribution is 2.47. The minimum Gasteiger partial charge on any atom is -0.481 e. The highest BCUT2D eigenvalue weighted by Gasteiger charge is 2.40. The first kappa shape index (κ1) is 15.2. The minimum atomic E-state index is -0.785. The average Bonchev–Trinajstić information content (AvgIpc) is 3.03. The molecule has 2 heterocycles. The number of hydrogen-bond donors (Lipinski definition) is 3. The molecule has 0 aromatic heterocycles. The van der Waals surface area contributed by atoms with Gasteiger partial charge >= 0.3 is 5.97 Å². The number of anilines is 1. The number of carboxylic acid groups (broad SMARTS) is 1. The molecule has 1 saturated heterocycles. The number of carbonyl (C=O) groups is 1. The molecule has 0 amide bonds. The van der Waals surface area contributed by atoms with Crippen LogP contribution in [0.25, 0.3) is 0 Å². The minimum absolute atomic E-state index is 0.0754. The van der Waals surface area contributed by atoms with E-state index >= 15 is 0 Å². The number of fused-ring (bicyclic) bond motifs is 3. The van der Waals surface area contributed by atoms with E-state index in [0.29, 0.717) is 18.0 Å². The molecule has 24 heavy (non-hydrogen) atoms. The van der Waals surface area contributed by atoms with Crippen LogP contribution in [0.15, 0.2) is 42.5 Å². The molecule has 4 heteroatoms. The van der Waals surface area contributed by atoms with Crippen LogP contribution in [0.2, 0.25) is 0 Å². The van der Waals surface area contributed by atoms with Crippen molar-refractivity contribution >= 4 is 11.7 Å². The van der Waals surface area contributed by atoms with Gasteiger partial charge in [-0.05, 0) is 42.6 Å². The van der Waals surface area contributed by atoms with Gasteiger partial charge in [-0.25, -0.2) is 0 Å². The Balaban J connectivity index is 1.72. The monoisotopic (exact) mass is 322 g/mol. The molecule has 0 spiro atoms. The topological polar surface area (TPSA) is 61.4 Å². The van der Waals surface area contributed by atoms with Gasteiger partial charge in [-0.3, -0.25) is 4.79 Å². The fourth-order valence-electron chi connectivity index (χ4n) is 4.18. The smallest absolute Gasteiger partial charge is 0.307 e. The molecule has 124 valence electrons. The van der Waals surface area contributed by atoms with Gasteiger partial charge in [0.15, 0.2) is 0 Å². The van der Waals surface area contributed by atoms with Crippen molar-refractivity contribution in [2.24, 2.45) is 5.92 Å². The molecule has 3 atom stereocenters. The number of rotatable bonds is 3. The molecule has 3 N–H and O–H groups in total. The lowest BCUT2D eigenvalue weighted by Crippen LogP contribution is -2.32. The van der Waals surface area contributed by atoms with Crippen LogP contribution in [-0.2, 0) is 11.2 Å². The third-order valence-corrected chi connectivity index (χ3v) is 5.22. The summed E-state index contributed by atoms with van der Waals surface area (Å²) in [5, 5.41) is 16.4. The number of aryl methyl sites for hydroxylation is 1. The summed E-state index contributed by atoms with van der Waals surface area (Å²) in [7, 11) is 0. The Hall–Kier alpha value is -2.33. The van der Waals surface area contributed by atoms with Crippen molar-refractivity contribution in [1.29, 1.82) is 0 Å². The van der Waals surface area contributed by atoms with Crippen molar-refractivity contribution in [2.45, 2.75) is 31.8 Å². The van der Waals surface area contributed by atoms with Gasteiger partial charge in [-0.2, -0.15) is 0 Å². The second kappa shape index (κ2) is 5.95. The molecule has 0 saturated carbocycles. The molecule has 2 aromatic rings. The predicted octanol–water partition coefficient (Wildman–Crippen LogP) is 3.44. The lowest BCUT2D eigenvalue weighted by molar-refractivity contribution is -0.136. The average molecular weight is 322 g/mol. The Bertz CT molecular complexity index is 787. The quantitative estimate of drug-likeness (QED) is 0.810. The maximum Gasteiger partial charge on any atom is 0.307 e. The van der Waals surface area contributed by atoms with E-state index in [1.165, 1.54) is 16.7 Å². The number of benzene rings is 2. The predicted molar refractivity (Wildman–Crippen MR) is 94.2 cm³/mol. The molecule has 0 unspecified atom stereocenters. The van der Waals surface area contributed by atoms with Crippen LogP contribution in [0.1, 0.15) is 40.8 Å². The maximum atomic E-state index is 11.0. The van der Waals surface area contributed by atoms with Crippen molar-refractivity contribution in [1.82, 2.24) is 5.32 Å². The van der Waals surface area contributed by atoms with Crippen molar-refractivity contribution in [3.8, 4) is 0 Å². The van der Waals surface area contributed by atoms with Crippen molar-refractivity contribution in [3.05, 3.63) is 64.7 Å². The molecule has 2 aliphatic heterocycles. The Kier molecular flexibility index (Phi) is 3.77. The summed E-state index contributed by atoms with van der Waals surface area (Å²) in [4.78, 5) is 11.0. The van der Waals surface area contributed by atoms with E-state index in [-0.39, 0.29) is 6.42 Å². The van der Waals surface area contributed by atoms with Gasteiger partial charge in [0.25, 0.3) is 0 Å². The van der Waals surface area contributed by atoms with Crippen molar-refractivity contribution in [3.63, 3.8) is 0 Å². The van der Waals surface area contributed by atoms with E-state index in [4.69, 9.17) is 5.11 Å². The molecular formula is C20H22N2O2. The highest BCUT2D eigenvalue weighted by molar-refractivity contribution is 5.71. The zero-order valence-electron chi connectivity index (χ0n) is 13.8. The zero-order chi connectivity index (χ0) is 16.7. The van der Waals surface area contributed by atoms with Crippen LogP contribution in [0.5, 0.6) is 0 Å². The van der Waals surface area contributed by atoms with Crippen LogP contribution in [0, 0.1) is 12.8 Å². The van der Waals surface area contributed by atoms with Crippen LogP contribution >= 0.6 is 0 Å². The van der Waals surface area contributed by atoms with Gasteiger partial charge in [0.2, 0.25) is 0 Å². The van der Waals surface area contributed by atoms with Gasteiger partial charge < -0.3 is 15.7 Å². The van der Waals surface area contributed by atoms with Crippen LogP contribution in [0.3, 0.4) is 0 Å². The standard InChI is InChI=1S/C20H22N2O2/c1-12-3-2-4-14(9-12)19-15-7-8-21-20(15)16-10-13(11-18(23)24)5-6-17(16)22-19/h2-6,9-10,15,19-22H,7-8,11H2,1H3,(H,23,24)/t15-,19-,20-/m1/s1. The Morgan fingerprint density at radius 2 is 2.08 bits per heavy atom. The number of nitrogens with one attached hydrogen (secondary N) is 2. The van der Waals surface area contributed by atoms with Crippen molar-refractivity contribution in [2.75, 3.05) is 11.9 Å². The van der Waals surface area contributed by atoms with Gasteiger partial charge in [-0.1, -0.05) is 42.0 Å². The summed E-state index contributed by atoms with van der Waals surface area (Å²) in [6, 6.07) is 15.3. The highest BCUT2D eigenvalue weighted by atomic mass is 16.4. The Morgan fingerprint density at radius 1 is 1.21 bits per heavy atom. The van der Waals surface area contributed by atoms with Gasteiger partial charge in [-0.15, -0.1) is 0 Å². The van der Waals surface area contributed by atoms with E-state index in [9.17, 15) is 4.79 Å². The van der Waals surface area contributed by atoms with E-state index in [0.717, 1.165) is 24.2 Å². The molecule has 2 aromatic carbocycles. The third kappa shape index (κ3) is 2.67. The molecule has 1 fully saturated rings. The SMILES string of the molecule is Cc1cccc([C@H]2Nc3ccc(CC(=O)O)cc3[C@@H]3NCC[C@H]23)c1. The molecule has 4 rings (SSSR count). The van der Waals surface area contributed by atoms with E-state index in [1.54, 1.807) is 0 Å². The molecule has 4 nitrogen and oxygen atoms in total. The summed E-state index contributed by atoms with van der Waals surface area (Å²) in [6.07, 6.45) is 1.20. The number of aliphatic carboxylic acids is 1. The lowest BCUT2D eigenvalue weighted by atomic mass is 9.79. The van der Waals surface area contributed by atoms with Gasteiger partial charge in [0.1, 0.15) is 0 Å². The number of hydrogen-bond acceptors (Lipinski definition) is 3. The first-order chi connectivity index (χ1) is 11.6. The summed E-state index contributed by atoms with van der Waals surface area (Å²) < 4.78 is 0. The first-order valence-electron chi connectivity index (χ1n) is 8.53. The van der Waals surface area contributed by atoms with Crippen LogP contribution < -0.4 is 10.6 Å². The van der Waals surface area contributed by atoms with Crippen molar-refractivity contribution < 1.29 is 9.90 Å². The van der Waals surface area contributed by atoms with E-state index in [1.807, 2.05) is 12.1 Å². The first-order valence-corrected chi connectivity index (χ1v) is 8.53. The lowest BCUT2D eigenvalue weighted by Gasteiger charge is -2.37. The Labute approximate surface area is 141 Å². The summed E-state index contributed by atoms with van der Waals surface area (Å²) in [5.41, 5.74) is 5.80. The van der Waals surface area contributed by atoms with Gasteiger partial charge in [0.05, 0.1) is 12.5 Å². The second-order valence-electron chi connectivity index (χ2n) is 6.91. The summed E-state index contributed by atoms with van der Waals surface area (Å²) in [6.45, 7) is 3.13. The maximum absolute atomic E-state index is 11.0. The van der Waals surface area contributed by atoms with E-state index in [2.05, 4.69) is 47.9 Å². The Morgan fingerprint density at radius 3 is 2.88 bits per heavy atom. The second-order valence-corrected chi connectivity index (χ2v) is 6.91. The molecule has 0 radical (unpaired) electrons. The summed E-state index contributed by atoms with van der Waals surface area (Å²) >= 11 is 0. The van der Waals surface area contributed by atoms with Gasteiger partial charge in [0, 0.05) is 17.6 Å². The van der Waals surface area contributed by atoms with Crippen LogP contribution in [0.4, 0.5) is 5.69 Å². The molecule has 2 aliphatic rings. The molecule has 0 bridgehead atoms. The number of carboxylic acids is 1. The third-order valence-electron chi connectivity index (χ3n) is 5.22. The fraction of sp³-hybridized carbons (Fsp3) is 0.350. The van der Waals surface area contributed by atoms with E-state index < -0.39 is 5.97 Å². The zero-order valence-corrected chi connectivity index (χ0v) is 13.8.